The second-order valence-corrected chi connectivity index (χ2v) is 6.17. The lowest BCUT2D eigenvalue weighted by atomic mass is 10.2. The van der Waals surface area contributed by atoms with Gasteiger partial charge in [-0.2, -0.15) is 4.52 Å². The number of rotatable bonds is 5. The van der Waals surface area contributed by atoms with Crippen LogP contribution in [0.3, 0.4) is 0 Å². The van der Waals surface area contributed by atoms with E-state index in [1.165, 1.54) is 22.2 Å². The van der Waals surface area contributed by atoms with E-state index in [9.17, 15) is 4.79 Å². The summed E-state index contributed by atoms with van der Waals surface area (Å²) in [7, 11) is 0. The van der Waals surface area contributed by atoms with Crippen LogP contribution in [0.25, 0.3) is 4.96 Å². The van der Waals surface area contributed by atoms with Crippen molar-refractivity contribution in [1.29, 1.82) is 0 Å². The van der Waals surface area contributed by atoms with Gasteiger partial charge in [-0.1, -0.05) is 41.7 Å². The fourth-order valence-corrected chi connectivity index (χ4v) is 2.93. The molecule has 0 bridgehead atoms. The molecule has 0 aliphatic carbocycles. The minimum atomic E-state index is -0.284. The molecule has 0 radical (unpaired) electrons. The molecular weight excluding hydrogens is 338 g/mol. The highest BCUT2D eigenvalue weighted by Crippen LogP contribution is 2.19. The summed E-state index contributed by atoms with van der Waals surface area (Å²) in [5.41, 5.74) is 1.77. The van der Waals surface area contributed by atoms with E-state index in [1.54, 1.807) is 12.1 Å². The predicted molar refractivity (Wildman–Crippen MR) is 93.8 cm³/mol. The van der Waals surface area contributed by atoms with Gasteiger partial charge in [0, 0.05) is 5.69 Å². The first-order valence-corrected chi connectivity index (χ1v) is 8.34. The molecular formula is C17H13N5O2S. The van der Waals surface area contributed by atoms with Crippen molar-refractivity contribution in [3.8, 4) is 5.75 Å². The molecule has 8 heteroatoms. The quantitative estimate of drug-likeness (QED) is 0.598. The molecule has 0 aliphatic heterocycles. The van der Waals surface area contributed by atoms with E-state index in [1.807, 2.05) is 42.5 Å². The Morgan fingerprint density at radius 3 is 2.68 bits per heavy atom. The van der Waals surface area contributed by atoms with Gasteiger partial charge in [-0.05, 0) is 29.8 Å². The topological polar surface area (TPSA) is 81.4 Å². The van der Waals surface area contributed by atoms with E-state index in [-0.39, 0.29) is 5.91 Å². The number of anilines is 1. The van der Waals surface area contributed by atoms with Crippen LogP contribution < -0.4 is 10.1 Å². The molecule has 4 aromatic rings. The highest BCUT2D eigenvalue weighted by molar-refractivity contribution is 7.18. The largest absolute Gasteiger partial charge is 0.489 e. The molecule has 2 aromatic carbocycles. The number of fused-ring (bicyclic) bond motifs is 1. The molecule has 124 valence electrons. The van der Waals surface area contributed by atoms with Gasteiger partial charge in [-0.3, -0.25) is 4.79 Å². The van der Waals surface area contributed by atoms with Crippen LogP contribution >= 0.6 is 11.3 Å². The van der Waals surface area contributed by atoms with Crippen LogP contribution in [0.15, 0.2) is 60.9 Å². The minimum absolute atomic E-state index is 0.284. The maximum absolute atomic E-state index is 12.2. The number of carbonyl (C=O) groups excluding carboxylic acids is 1. The fourth-order valence-electron chi connectivity index (χ4n) is 2.21. The number of nitrogens with zero attached hydrogens (tertiary/aromatic N) is 4. The van der Waals surface area contributed by atoms with Gasteiger partial charge >= 0.3 is 0 Å². The maximum Gasteiger partial charge on any atom is 0.286 e. The average Bonchev–Trinajstić information content (AvgIpc) is 3.24. The standard InChI is InChI=1S/C17H13N5O2S/c23-15(16-21-22-11-18-20-17(22)25-16)19-13-6-8-14(9-7-13)24-10-12-4-2-1-3-5-12/h1-9,11H,10H2,(H,19,23). The molecule has 0 spiro atoms. The second kappa shape index (κ2) is 6.70. The van der Waals surface area contributed by atoms with Gasteiger partial charge in [0.1, 0.15) is 18.7 Å². The van der Waals surface area contributed by atoms with Crippen LogP contribution in [0.4, 0.5) is 5.69 Å². The van der Waals surface area contributed by atoms with Crippen molar-refractivity contribution in [3.05, 3.63) is 71.5 Å². The lowest BCUT2D eigenvalue weighted by Gasteiger charge is -2.07. The number of ether oxygens (including phenoxy) is 1. The Kier molecular flexibility index (Phi) is 4.09. The Bertz CT molecular complexity index is 966. The zero-order valence-corrected chi connectivity index (χ0v) is 13.8. The third-order valence-electron chi connectivity index (χ3n) is 3.44. The lowest BCUT2D eigenvalue weighted by Crippen LogP contribution is -2.11. The maximum atomic E-state index is 12.2. The molecule has 4 rings (SSSR count). The van der Waals surface area contributed by atoms with E-state index in [4.69, 9.17) is 4.74 Å². The predicted octanol–water partition coefficient (Wildman–Crippen LogP) is 3.02. The van der Waals surface area contributed by atoms with Crippen molar-refractivity contribution in [2.24, 2.45) is 0 Å². The molecule has 2 aromatic heterocycles. The summed E-state index contributed by atoms with van der Waals surface area (Å²) in [4.78, 5) is 12.8. The number of hydrogen-bond acceptors (Lipinski definition) is 6. The van der Waals surface area contributed by atoms with Gasteiger partial charge in [0.2, 0.25) is 9.97 Å². The Morgan fingerprint density at radius 2 is 1.92 bits per heavy atom. The van der Waals surface area contributed by atoms with Crippen molar-refractivity contribution < 1.29 is 9.53 Å². The number of hydrogen-bond donors (Lipinski definition) is 1. The molecule has 0 unspecified atom stereocenters. The molecule has 0 saturated heterocycles. The summed E-state index contributed by atoms with van der Waals surface area (Å²) in [5, 5.41) is 14.8. The number of aromatic nitrogens is 4. The van der Waals surface area contributed by atoms with Gasteiger partial charge in [0.15, 0.2) is 0 Å². The first kappa shape index (κ1) is 15.3. The summed E-state index contributed by atoms with van der Waals surface area (Å²) < 4.78 is 7.20. The fraction of sp³-hybridized carbons (Fsp3) is 0.0588. The summed E-state index contributed by atoms with van der Waals surface area (Å²) >= 11 is 1.18. The van der Waals surface area contributed by atoms with Crippen LogP contribution in [0.2, 0.25) is 0 Å². The van der Waals surface area contributed by atoms with Gasteiger partial charge in [0.05, 0.1) is 0 Å². The highest BCUT2D eigenvalue weighted by atomic mass is 32.1. The summed E-state index contributed by atoms with van der Waals surface area (Å²) in [6.07, 6.45) is 1.46. The van der Waals surface area contributed by atoms with Crippen molar-refractivity contribution in [2.75, 3.05) is 5.32 Å². The number of benzene rings is 2. The van der Waals surface area contributed by atoms with E-state index in [0.717, 1.165) is 11.3 Å². The molecule has 0 aliphatic rings. The minimum Gasteiger partial charge on any atom is -0.489 e. The van der Waals surface area contributed by atoms with Crippen molar-refractivity contribution in [2.45, 2.75) is 6.61 Å². The SMILES string of the molecule is O=C(Nc1ccc(OCc2ccccc2)cc1)c1nn2cnnc2s1. The van der Waals surface area contributed by atoms with Crippen LogP contribution in [-0.2, 0) is 6.61 Å². The normalized spacial score (nSPS) is 10.7. The highest BCUT2D eigenvalue weighted by Gasteiger charge is 2.13. The van der Waals surface area contributed by atoms with Gasteiger partial charge < -0.3 is 10.1 Å². The Morgan fingerprint density at radius 1 is 1.12 bits per heavy atom. The van der Waals surface area contributed by atoms with E-state index >= 15 is 0 Å². The second-order valence-electron chi connectivity index (χ2n) is 5.22. The molecule has 25 heavy (non-hydrogen) atoms. The van der Waals surface area contributed by atoms with Crippen LogP contribution in [-0.4, -0.2) is 25.7 Å². The third-order valence-corrected chi connectivity index (χ3v) is 4.35. The molecule has 0 fully saturated rings. The Hall–Kier alpha value is -3.26. The van der Waals surface area contributed by atoms with Gasteiger partial charge in [-0.25, -0.2) is 0 Å². The van der Waals surface area contributed by atoms with E-state index < -0.39 is 0 Å². The first-order chi connectivity index (χ1) is 12.3. The molecule has 7 nitrogen and oxygen atoms in total. The van der Waals surface area contributed by atoms with Crippen molar-refractivity contribution in [1.82, 2.24) is 19.8 Å². The van der Waals surface area contributed by atoms with Crippen LogP contribution in [0, 0.1) is 0 Å². The van der Waals surface area contributed by atoms with Crippen LogP contribution in [0.1, 0.15) is 15.4 Å². The molecule has 0 atom stereocenters. The number of nitrogens with one attached hydrogen (secondary N) is 1. The number of carbonyl (C=O) groups is 1. The summed E-state index contributed by atoms with van der Waals surface area (Å²) in [6, 6.07) is 17.2. The molecule has 1 amide bonds. The Labute approximate surface area is 146 Å². The molecule has 0 saturated carbocycles. The van der Waals surface area contributed by atoms with E-state index in [0.29, 0.717) is 22.3 Å². The Balaban J connectivity index is 1.38. The van der Waals surface area contributed by atoms with Crippen molar-refractivity contribution >= 4 is 27.9 Å². The zero-order chi connectivity index (χ0) is 17.1. The van der Waals surface area contributed by atoms with Crippen molar-refractivity contribution in [3.63, 3.8) is 0 Å². The summed E-state index contributed by atoms with van der Waals surface area (Å²) in [6.45, 7) is 0.499. The monoisotopic (exact) mass is 351 g/mol. The van der Waals surface area contributed by atoms with Crippen LogP contribution in [0.5, 0.6) is 5.75 Å². The smallest absolute Gasteiger partial charge is 0.286 e. The molecule has 2 heterocycles. The van der Waals surface area contributed by atoms with E-state index in [2.05, 4.69) is 20.6 Å². The van der Waals surface area contributed by atoms with Gasteiger partial charge in [-0.15, -0.1) is 15.3 Å². The summed E-state index contributed by atoms with van der Waals surface area (Å²) in [5.74, 6) is 0.453. The zero-order valence-electron chi connectivity index (χ0n) is 13.0. The lowest BCUT2D eigenvalue weighted by molar-refractivity contribution is 0.102. The molecule has 1 N–H and O–H groups in total. The average molecular weight is 351 g/mol. The van der Waals surface area contributed by atoms with Gasteiger partial charge in [0.25, 0.3) is 5.91 Å². The number of amides is 1. The third kappa shape index (κ3) is 3.48. The first-order valence-electron chi connectivity index (χ1n) is 7.53.